The maximum Gasteiger partial charge on any atom is 0.342 e. The highest BCUT2D eigenvalue weighted by atomic mass is 16.5. The predicted octanol–water partition coefficient (Wildman–Crippen LogP) is 1.51. The van der Waals surface area contributed by atoms with E-state index < -0.39 is 11.6 Å². The van der Waals surface area contributed by atoms with Gasteiger partial charge in [-0.1, -0.05) is 20.4 Å². The third-order valence-corrected chi connectivity index (χ3v) is 1.69. The Hall–Kier alpha value is -0.830. The zero-order valence-corrected chi connectivity index (χ0v) is 8.54. The minimum absolute atomic E-state index is 0.215. The topological polar surface area (TPSA) is 46.5 Å². The van der Waals surface area contributed by atoms with Gasteiger partial charge in [0.15, 0.2) is 5.60 Å². The molecule has 0 aromatic heterocycles. The van der Waals surface area contributed by atoms with E-state index in [1.165, 1.54) is 6.08 Å². The number of carbonyl (C=O) groups is 1. The van der Waals surface area contributed by atoms with Crippen molar-refractivity contribution < 1.29 is 14.6 Å². The Morgan fingerprint density at radius 1 is 1.69 bits per heavy atom. The van der Waals surface area contributed by atoms with Gasteiger partial charge in [0.1, 0.15) is 0 Å². The molecule has 0 aliphatic carbocycles. The van der Waals surface area contributed by atoms with Gasteiger partial charge in [-0.05, 0) is 25.3 Å². The molecule has 0 aromatic rings. The van der Waals surface area contributed by atoms with E-state index in [4.69, 9.17) is 4.74 Å². The van der Waals surface area contributed by atoms with Gasteiger partial charge in [0.25, 0.3) is 0 Å². The second-order valence-corrected chi connectivity index (χ2v) is 3.45. The van der Waals surface area contributed by atoms with E-state index in [-0.39, 0.29) is 12.5 Å². The summed E-state index contributed by atoms with van der Waals surface area (Å²) in [5.74, 6) is -0.397. The van der Waals surface area contributed by atoms with Crippen LogP contribution in [-0.4, -0.2) is 23.3 Å². The van der Waals surface area contributed by atoms with Crippen LogP contribution in [0.25, 0.3) is 0 Å². The number of ether oxygens (including phenoxy) is 1. The molecule has 0 bridgehead atoms. The van der Waals surface area contributed by atoms with Crippen molar-refractivity contribution in [3.05, 3.63) is 12.7 Å². The first-order valence-electron chi connectivity index (χ1n) is 4.49. The Morgan fingerprint density at radius 3 is 2.54 bits per heavy atom. The number of carbonyl (C=O) groups excluding carboxylic acids is 1. The van der Waals surface area contributed by atoms with Crippen LogP contribution in [0.4, 0.5) is 0 Å². The molecule has 0 heterocycles. The molecular weight excluding hydrogens is 168 g/mol. The Morgan fingerprint density at radius 2 is 2.23 bits per heavy atom. The van der Waals surface area contributed by atoms with Crippen LogP contribution in [0.15, 0.2) is 12.7 Å². The van der Waals surface area contributed by atoms with Gasteiger partial charge in [-0.25, -0.2) is 4.79 Å². The maximum absolute atomic E-state index is 11.3. The quantitative estimate of drug-likeness (QED) is 0.523. The van der Waals surface area contributed by atoms with Crippen LogP contribution >= 0.6 is 0 Å². The second kappa shape index (κ2) is 5.02. The molecule has 3 nitrogen and oxygen atoms in total. The van der Waals surface area contributed by atoms with Crippen molar-refractivity contribution in [2.45, 2.75) is 32.8 Å². The van der Waals surface area contributed by atoms with Gasteiger partial charge in [0.2, 0.25) is 0 Å². The average molecular weight is 186 g/mol. The lowest BCUT2D eigenvalue weighted by Crippen LogP contribution is -2.39. The summed E-state index contributed by atoms with van der Waals surface area (Å²) >= 11 is 0. The Kier molecular flexibility index (Phi) is 4.70. The Balaban J connectivity index is 4.42. The third kappa shape index (κ3) is 3.59. The van der Waals surface area contributed by atoms with Gasteiger partial charge in [0.05, 0.1) is 6.61 Å². The first-order chi connectivity index (χ1) is 5.96. The zero-order valence-electron chi connectivity index (χ0n) is 8.54. The van der Waals surface area contributed by atoms with Gasteiger partial charge in [0, 0.05) is 0 Å². The molecule has 0 aromatic carbocycles. The highest BCUT2D eigenvalue weighted by Crippen LogP contribution is 2.19. The molecule has 0 saturated carbocycles. The number of rotatable bonds is 5. The lowest BCUT2D eigenvalue weighted by molar-refractivity contribution is -0.161. The summed E-state index contributed by atoms with van der Waals surface area (Å²) in [6.45, 7) is 9.26. The molecule has 0 rings (SSSR count). The fourth-order valence-electron chi connectivity index (χ4n) is 1.13. The standard InChI is InChI=1S/C10H18O3/c1-5-10(12,7-8(3)4)9(11)13-6-2/h5,8,12H,1,6-7H2,2-4H3. The van der Waals surface area contributed by atoms with Crippen molar-refractivity contribution in [1.82, 2.24) is 0 Å². The minimum atomic E-state index is -1.52. The Labute approximate surface area is 79.4 Å². The molecule has 0 spiro atoms. The second-order valence-electron chi connectivity index (χ2n) is 3.45. The normalized spacial score (nSPS) is 15.2. The molecule has 1 atom stereocenters. The highest BCUT2D eigenvalue weighted by molar-refractivity contribution is 5.81. The SMILES string of the molecule is C=CC(O)(CC(C)C)C(=O)OCC. The van der Waals surface area contributed by atoms with E-state index in [1.54, 1.807) is 6.92 Å². The molecule has 0 saturated heterocycles. The van der Waals surface area contributed by atoms with E-state index in [9.17, 15) is 9.90 Å². The lowest BCUT2D eigenvalue weighted by atomic mass is 9.93. The fraction of sp³-hybridized carbons (Fsp3) is 0.700. The average Bonchev–Trinajstić information content (AvgIpc) is 2.03. The van der Waals surface area contributed by atoms with E-state index in [2.05, 4.69) is 6.58 Å². The molecular formula is C10H18O3. The lowest BCUT2D eigenvalue weighted by Gasteiger charge is -2.23. The molecule has 0 fully saturated rings. The molecule has 0 radical (unpaired) electrons. The van der Waals surface area contributed by atoms with Crippen LogP contribution in [0.3, 0.4) is 0 Å². The summed E-state index contributed by atoms with van der Waals surface area (Å²) in [6.07, 6.45) is 1.58. The molecule has 76 valence electrons. The van der Waals surface area contributed by atoms with Crippen LogP contribution in [-0.2, 0) is 9.53 Å². The number of esters is 1. The predicted molar refractivity (Wildman–Crippen MR) is 51.2 cm³/mol. The summed E-state index contributed by atoms with van der Waals surface area (Å²) in [5, 5.41) is 9.80. The van der Waals surface area contributed by atoms with Gasteiger partial charge in [-0.15, -0.1) is 0 Å². The maximum atomic E-state index is 11.3. The summed E-state index contributed by atoms with van der Waals surface area (Å²) in [5.41, 5.74) is -1.52. The molecule has 13 heavy (non-hydrogen) atoms. The highest BCUT2D eigenvalue weighted by Gasteiger charge is 2.34. The third-order valence-electron chi connectivity index (χ3n) is 1.69. The number of hydrogen-bond acceptors (Lipinski definition) is 3. The van der Waals surface area contributed by atoms with Gasteiger partial charge < -0.3 is 9.84 Å². The number of aliphatic hydroxyl groups is 1. The van der Waals surface area contributed by atoms with Crippen LogP contribution in [0, 0.1) is 5.92 Å². The van der Waals surface area contributed by atoms with Crippen LogP contribution < -0.4 is 0 Å². The molecule has 3 heteroatoms. The van der Waals surface area contributed by atoms with E-state index in [0.29, 0.717) is 6.42 Å². The van der Waals surface area contributed by atoms with Crippen LogP contribution in [0.1, 0.15) is 27.2 Å². The first-order valence-corrected chi connectivity index (χ1v) is 4.49. The van der Waals surface area contributed by atoms with Crippen molar-refractivity contribution in [3.8, 4) is 0 Å². The van der Waals surface area contributed by atoms with Crippen molar-refractivity contribution in [2.75, 3.05) is 6.61 Å². The molecule has 1 N–H and O–H groups in total. The summed E-state index contributed by atoms with van der Waals surface area (Å²) in [4.78, 5) is 11.3. The molecule has 0 aliphatic rings. The van der Waals surface area contributed by atoms with Crippen molar-refractivity contribution in [2.24, 2.45) is 5.92 Å². The van der Waals surface area contributed by atoms with Crippen molar-refractivity contribution >= 4 is 5.97 Å². The fourth-order valence-corrected chi connectivity index (χ4v) is 1.13. The Bertz CT molecular complexity index is 187. The van der Waals surface area contributed by atoms with Crippen molar-refractivity contribution in [3.63, 3.8) is 0 Å². The molecule has 0 aliphatic heterocycles. The summed E-state index contributed by atoms with van der Waals surface area (Å²) in [7, 11) is 0. The first kappa shape index (κ1) is 12.2. The van der Waals surface area contributed by atoms with Crippen LogP contribution in [0.2, 0.25) is 0 Å². The van der Waals surface area contributed by atoms with Crippen LogP contribution in [0.5, 0.6) is 0 Å². The molecule has 0 amide bonds. The van der Waals surface area contributed by atoms with E-state index >= 15 is 0 Å². The van der Waals surface area contributed by atoms with Gasteiger partial charge in [-0.3, -0.25) is 0 Å². The zero-order chi connectivity index (χ0) is 10.5. The molecule has 1 unspecified atom stereocenters. The number of hydrogen-bond donors (Lipinski definition) is 1. The smallest absolute Gasteiger partial charge is 0.342 e. The summed E-state index contributed by atoms with van der Waals surface area (Å²) in [6, 6.07) is 0. The van der Waals surface area contributed by atoms with E-state index in [0.717, 1.165) is 0 Å². The van der Waals surface area contributed by atoms with Crippen molar-refractivity contribution in [1.29, 1.82) is 0 Å². The largest absolute Gasteiger partial charge is 0.464 e. The monoisotopic (exact) mass is 186 g/mol. The van der Waals surface area contributed by atoms with Gasteiger partial charge >= 0.3 is 5.97 Å². The minimum Gasteiger partial charge on any atom is -0.464 e. The van der Waals surface area contributed by atoms with E-state index in [1.807, 2.05) is 13.8 Å². The summed E-state index contributed by atoms with van der Waals surface area (Å²) < 4.78 is 4.74. The van der Waals surface area contributed by atoms with Gasteiger partial charge in [-0.2, -0.15) is 0 Å².